The van der Waals surface area contributed by atoms with Crippen LogP contribution in [-0.2, 0) is 0 Å². The molecule has 0 aliphatic carbocycles. The fourth-order valence-corrected chi connectivity index (χ4v) is 3.27. The van der Waals surface area contributed by atoms with Crippen molar-refractivity contribution in [1.82, 2.24) is 4.90 Å². The molecule has 3 rings (SSSR count). The minimum Gasteiger partial charge on any atom is -0.455 e. The lowest BCUT2D eigenvalue weighted by Crippen LogP contribution is -2.31. The number of halogens is 2. The van der Waals surface area contributed by atoms with Crippen molar-refractivity contribution in [3.05, 3.63) is 47.5 Å². The lowest BCUT2D eigenvalue weighted by atomic mass is 10.1. The van der Waals surface area contributed by atoms with Gasteiger partial charge in [0, 0.05) is 18.1 Å². The molecule has 0 radical (unpaired) electrons. The number of hydrogen-bond acceptors (Lipinski definition) is 4. The largest absolute Gasteiger partial charge is 0.455 e. The summed E-state index contributed by atoms with van der Waals surface area (Å²) in [6, 6.07) is 13.8. The van der Waals surface area contributed by atoms with Gasteiger partial charge in [0.05, 0.1) is 11.4 Å². The summed E-state index contributed by atoms with van der Waals surface area (Å²) in [6.07, 6.45) is 0. The Labute approximate surface area is 160 Å². The topological polar surface area (TPSA) is 24.9 Å². The molecule has 0 amide bonds. The maximum atomic E-state index is 6.26. The van der Waals surface area contributed by atoms with Crippen LogP contribution < -0.4 is 14.4 Å². The van der Waals surface area contributed by atoms with E-state index in [2.05, 4.69) is 36.9 Å². The van der Waals surface area contributed by atoms with Gasteiger partial charge >= 0.3 is 0 Å². The molecule has 6 heteroatoms. The highest BCUT2D eigenvalue weighted by Crippen LogP contribution is 2.41. The molecule has 0 saturated heterocycles. The van der Waals surface area contributed by atoms with Crippen LogP contribution in [0.5, 0.6) is 11.5 Å². The van der Waals surface area contributed by atoms with E-state index in [4.69, 9.17) is 21.1 Å². The summed E-state index contributed by atoms with van der Waals surface area (Å²) < 4.78 is 11.6. The predicted molar refractivity (Wildman–Crippen MR) is 106 cm³/mol. The first-order chi connectivity index (χ1) is 11.5. The molecule has 0 saturated carbocycles. The second kappa shape index (κ2) is 8.65. The van der Waals surface area contributed by atoms with Crippen LogP contribution in [0.1, 0.15) is 6.92 Å². The Morgan fingerprint density at radius 2 is 1.76 bits per heavy atom. The molecule has 1 atom stereocenters. The first-order valence-corrected chi connectivity index (χ1v) is 8.49. The van der Waals surface area contributed by atoms with Gasteiger partial charge in [-0.25, -0.2) is 0 Å². The van der Waals surface area contributed by atoms with Gasteiger partial charge in [-0.1, -0.05) is 30.7 Å². The van der Waals surface area contributed by atoms with Crippen LogP contribution in [-0.4, -0.2) is 38.9 Å². The highest BCUT2D eigenvalue weighted by molar-refractivity contribution is 6.31. The molecule has 2 aromatic carbocycles. The number of anilines is 2. The summed E-state index contributed by atoms with van der Waals surface area (Å²) in [7, 11) is 4.18. The number of hydrogen-bond donors (Lipinski definition) is 0. The molecule has 25 heavy (non-hydrogen) atoms. The summed E-state index contributed by atoms with van der Waals surface area (Å²) in [5.74, 6) is 2.06. The van der Waals surface area contributed by atoms with Crippen molar-refractivity contribution in [2.24, 2.45) is 5.92 Å². The number of para-hydroxylation sites is 2. The lowest BCUT2D eigenvalue weighted by molar-refractivity contribution is 0.119. The first-order valence-electron chi connectivity index (χ1n) is 8.11. The van der Waals surface area contributed by atoms with E-state index in [1.165, 1.54) is 0 Å². The van der Waals surface area contributed by atoms with Crippen molar-refractivity contribution in [3.63, 3.8) is 0 Å². The Hall–Kier alpha value is -1.62. The fraction of sp³-hybridized carbons (Fsp3) is 0.368. The van der Waals surface area contributed by atoms with E-state index < -0.39 is 0 Å². The molecular formula is C19H24Cl2N2O2. The summed E-state index contributed by atoms with van der Waals surface area (Å²) in [5, 5.41) is 0.696. The number of benzene rings is 2. The molecule has 0 spiro atoms. The van der Waals surface area contributed by atoms with Gasteiger partial charge in [-0.3, -0.25) is 0 Å². The zero-order valence-electron chi connectivity index (χ0n) is 14.7. The molecule has 1 aliphatic heterocycles. The van der Waals surface area contributed by atoms with E-state index in [0.29, 0.717) is 10.9 Å². The van der Waals surface area contributed by atoms with E-state index in [1.807, 2.05) is 36.4 Å². The van der Waals surface area contributed by atoms with E-state index in [0.717, 1.165) is 36.0 Å². The van der Waals surface area contributed by atoms with E-state index in [9.17, 15) is 0 Å². The third-order valence-corrected chi connectivity index (χ3v) is 4.20. The Balaban J connectivity index is 0.00000225. The van der Waals surface area contributed by atoms with Crippen LogP contribution in [0.4, 0.5) is 11.4 Å². The Morgan fingerprint density at radius 3 is 2.48 bits per heavy atom. The minimum atomic E-state index is 0. The van der Waals surface area contributed by atoms with Crippen molar-refractivity contribution in [2.45, 2.75) is 6.92 Å². The Morgan fingerprint density at radius 1 is 1.08 bits per heavy atom. The minimum absolute atomic E-state index is 0. The van der Waals surface area contributed by atoms with Crippen molar-refractivity contribution in [1.29, 1.82) is 0 Å². The third kappa shape index (κ3) is 4.72. The fourth-order valence-electron chi connectivity index (χ4n) is 3.10. The van der Waals surface area contributed by atoms with E-state index >= 15 is 0 Å². The molecule has 0 N–H and O–H groups in total. The van der Waals surface area contributed by atoms with Gasteiger partial charge in [0.1, 0.15) is 11.5 Å². The molecule has 0 fully saturated rings. The van der Waals surface area contributed by atoms with Crippen LogP contribution in [0.2, 0.25) is 5.02 Å². The molecule has 1 unspecified atom stereocenters. The maximum Gasteiger partial charge on any atom is 0.231 e. The van der Waals surface area contributed by atoms with Gasteiger partial charge in [0.25, 0.3) is 0 Å². The van der Waals surface area contributed by atoms with Crippen molar-refractivity contribution >= 4 is 35.4 Å². The molecular weight excluding hydrogens is 359 g/mol. The molecule has 0 bridgehead atoms. The highest BCUT2D eigenvalue weighted by Gasteiger charge is 2.23. The second-order valence-electron chi connectivity index (χ2n) is 6.46. The molecule has 136 valence electrons. The maximum absolute atomic E-state index is 6.26. The monoisotopic (exact) mass is 382 g/mol. The van der Waals surface area contributed by atoms with Crippen LogP contribution in [0.25, 0.3) is 0 Å². The highest BCUT2D eigenvalue weighted by atomic mass is 35.5. The zero-order chi connectivity index (χ0) is 17.1. The van der Waals surface area contributed by atoms with Crippen molar-refractivity contribution in [2.75, 3.05) is 38.9 Å². The zero-order valence-corrected chi connectivity index (χ0v) is 16.3. The smallest absolute Gasteiger partial charge is 0.231 e. The number of rotatable bonds is 4. The molecule has 0 aromatic heterocycles. The Kier molecular flexibility index (Phi) is 6.82. The van der Waals surface area contributed by atoms with Crippen LogP contribution >= 0.6 is 24.0 Å². The quantitative estimate of drug-likeness (QED) is 0.755. The third-order valence-electron chi connectivity index (χ3n) is 3.97. The first kappa shape index (κ1) is 19.7. The second-order valence-corrected chi connectivity index (χ2v) is 6.90. The normalized spacial score (nSPS) is 14.2. The lowest BCUT2D eigenvalue weighted by Gasteiger charge is -2.33. The number of fused-ring (bicyclic) bond motifs is 2. The summed E-state index contributed by atoms with van der Waals surface area (Å²) in [6.45, 7) is 4.27. The van der Waals surface area contributed by atoms with Gasteiger partial charge < -0.3 is 19.3 Å². The summed E-state index contributed by atoms with van der Waals surface area (Å²) in [5.41, 5.74) is 2.01. The van der Waals surface area contributed by atoms with E-state index in [1.54, 1.807) is 0 Å². The van der Waals surface area contributed by atoms with Gasteiger partial charge in [-0.15, -0.1) is 12.4 Å². The van der Waals surface area contributed by atoms with Crippen LogP contribution in [0.15, 0.2) is 42.5 Å². The van der Waals surface area contributed by atoms with Gasteiger partial charge in [-0.05, 0) is 50.3 Å². The molecule has 2 aromatic rings. The van der Waals surface area contributed by atoms with Crippen molar-refractivity contribution in [3.8, 4) is 11.5 Å². The molecule has 4 nitrogen and oxygen atoms in total. The predicted octanol–water partition coefficient (Wildman–Crippen LogP) is 4.83. The van der Waals surface area contributed by atoms with Crippen LogP contribution in [0.3, 0.4) is 0 Å². The number of nitrogens with zero attached hydrogens (tertiary/aromatic N) is 2. The average molecular weight is 383 g/mol. The van der Waals surface area contributed by atoms with Crippen LogP contribution in [0, 0.1) is 5.92 Å². The molecule has 1 heterocycles. The summed E-state index contributed by atoms with van der Waals surface area (Å²) in [4.78, 5) is 4.44. The number of ether oxygens (including phenoxy) is 2. The van der Waals surface area contributed by atoms with E-state index in [-0.39, 0.29) is 19.2 Å². The van der Waals surface area contributed by atoms with Gasteiger partial charge in [0.2, 0.25) is 6.79 Å². The molecule has 1 aliphatic rings. The van der Waals surface area contributed by atoms with Crippen molar-refractivity contribution < 1.29 is 9.47 Å². The average Bonchev–Trinajstić information content (AvgIpc) is 2.52. The standard InChI is InChI=1S/C19H23ClN2O2.ClH/c1-14(11-21(2)3)12-22-16-6-4-5-7-18(16)23-13-24-19-9-8-15(20)10-17(19)22;/h4-10,14H,11-13H2,1-3H3;1H. The Bertz CT molecular complexity index is 710. The SMILES string of the molecule is CC(CN(C)C)CN1c2ccccc2OCOc2ccc(Cl)cc21.Cl. The summed E-state index contributed by atoms with van der Waals surface area (Å²) >= 11 is 6.26. The van der Waals surface area contributed by atoms with Gasteiger partial charge in [-0.2, -0.15) is 0 Å². The van der Waals surface area contributed by atoms with Gasteiger partial charge in [0.15, 0.2) is 0 Å².